The van der Waals surface area contributed by atoms with Gasteiger partial charge in [-0.2, -0.15) is 0 Å². The van der Waals surface area contributed by atoms with Gasteiger partial charge in [-0.25, -0.2) is 0 Å². The molecule has 0 amide bonds. The summed E-state index contributed by atoms with van der Waals surface area (Å²) in [6.45, 7) is 3.80. The summed E-state index contributed by atoms with van der Waals surface area (Å²) < 4.78 is 0. The molecule has 2 nitrogen and oxygen atoms in total. The van der Waals surface area contributed by atoms with Gasteiger partial charge in [0.15, 0.2) is 0 Å². The van der Waals surface area contributed by atoms with Crippen molar-refractivity contribution in [3.05, 3.63) is 72.3 Å². The lowest BCUT2D eigenvalue weighted by molar-refractivity contribution is 0.445. The van der Waals surface area contributed by atoms with E-state index < -0.39 is 0 Å². The minimum atomic E-state index is -0.0724. The summed E-state index contributed by atoms with van der Waals surface area (Å²) in [5.41, 5.74) is 1.80. The van der Waals surface area contributed by atoms with Crippen LogP contribution in [0.1, 0.15) is 17.0 Å². The smallest absolute Gasteiger partial charge is 0.123 e. The second-order valence-electron chi connectivity index (χ2n) is 3.87. The zero-order valence-corrected chi connectivity index (χ0v) is 9.38. The van der Waals surface area contributed by atoms with Crippen LogP contribution in [0.15, 0.2) is 61.2 Å². The van der Waals surface area contributed by atoms with Crippen LogP contribution in [0.3, 0.4) is 0 Å². The first-order valence-electron chi connectivity index (χ1n) is 5.41. The number of allylic oxidation sites excluding steroid dienone is 1. The number of hydrogen-bond donors (Lipinski definition) is 2. The first-order chi connectivity index (χ1) is 8.22. The maximum Gasteiger partial charge on any atom is 0.123 e. The molecule has 2 N–H and O–H groups in total. The van der Waals surface area contributed by atoms with Crippen molar-refractivity contribution in [3.63, 3.8) is 0 Å². The zero-order valence-electron chi connectivity index (χ0n) is 9.38. The molecule has 0 aromatic heterocycles. The van der Waals surface area contributed by atoms with Crippen LogP contribution in [0, 0.1) is 0 Å². The average Bonchev–Trinajstić information content (AvgIpc) is 2.34. The molecule has 1 atom stereocenters. The van der Waals surface area contributed by atoms with Gasteiger partial charge in [0.05, 0.1) is 0 Å². The lowest BCUT2D eigenvalue weighted by Crippen LogP contribution is -1.97. The average molecular weight is 226 g/mol. The SMILES string of the molecule is C=CC(c1ccccc1)c1ccc(O)cc1O. The Bertz CT molecular complexity index is 518. The summed E-state index contributed by atoms with van der Waals surface area (Å²) in [6.07, 6.45) is 1.78. The number of phenolic OH excluding ortho intramolecular Hbond substituents is 2. The quantitative estimate of drug-likeness (QED) is 0.787. The third kappa shape index (κ3) is 2.31. The van der Waals surface area contributed by atoms with E-state index in [0.29, 0.717) is 0 Å². The van der Waals surface area contributed by atoms with Crippen molar-refractivity contribution in [2.45, 2.75) is 5.92 Å². The Morgan fingerprint density at radius 1 is 1.00 bits per heavy atom. The third-order valence-corrected chi connectivity index (χ3v) is 2.74. The molecule has 86 valence electrons. The monoisotopic (exact) mass is 226 g/mol. The van der Waals surface area contributed by atoms with Crippen molar-refractivity contribution < 1.29 is 10.2 Å². The zero-order chi connectivity index (χ0) is 12.3. The van der Waals surface area contributed by atoms with E-state index in [9.17, 15) is 10.2 Å². The second kappa shape index (κ2) is 4.74. The van der Waals surface area contributed by atoms with E-state index in [-0.39, 0.29) is 17.4 Å². The minimum absolute atomic E-state index is 0.0575. The van der Waals surface area contributed by atoms with Gasteiger partial charge >= 0.3 is 0 Å². The van der Waals surface area contributed by atoms with Crippen molar-refractivity contribution in [2.75, 3.05) is 0 Å². The first-order valence-corrected chi connectivity index (χ1v) is 5.41. The first kappa shape index (κ1) is 11.3. The molecule has 2 aromatic rings. The van der Waals surface area contributed by atoms with Crippen molar-refractivity contribution in [1.29, 1.82) is 0 Å². The van der Waals surface area contributed by atoms with Crippen molar-refractivity contribution in [1.82, 2.24) is 0 Å². The van der Waals surface area contributed by atoms with Crippen LogP contribution in [0.25, 0.3) is 0 Å². The molecule has 0 saturated carbocycles. The number of hydrogen-bond acceptors (Lipinski definition) is 2. The molecular weight excluding hydrogens is 212 g/mol. The molecule has 0 aliphatic heterocycles. The normalized spacial score (nSPS) is 12.0. The summed E-state index contributed by atoms with van der Waals surface area (Å²) >= 11 is 0. The molecular formula is C15H14O2. The molecule has 0 bridgehead atoms. The highest BCUT2D eigenvalue weighted by Gasteiger charge is 2.14. The van der Waals surface area contributed by atoms with Gasteiger partial charge in [-0.1, -0.05) is 42.5 Å². The van der Waals surface area contributed by atoms with Gasteiger partial charge in [-0.15, -0.1) is 6.58 Å². The maximum atomic E-state index is 9.85. The van der Waals surface area contributed by atoms with E-state index in [4.69, 9.17) is 0 Å². The fourth-order valence-corrected chi connectivity index (χ4v) is 1.90. The Hall–Kier alpha value is -2.22. The summed E-state index contributed by atoms with van der Waals surface area (Å²) in [7, 11) is 0. The van der Waals surface area contributed by atoms with Gasteiger partial charge in [0.2, 0.25) is 0 Å². The Balaban J connectivity index is 2.46. The fraction of sp³-hybridized carbons (Fsp3) is 0.0667. The fourth-order valence-electron chi connectivity index (χ4n) is 1.90. The van der Waals surface area contributed by atoms with Gasteiger partial charge < -0.3 is 10.2 Å². The van der Waals surface area contributed by atoms with E-state index in [2.05, 4.69) is 6.58 Å². The van der Waals surface area contributed by atoms with Crippen molar-refractivity contribution in [2.24, 2.45) is 0 Å². The molecule has 2 aromatic carbocycles. The maximum absolute atomic E-state index is 9.85. The predicted octanol–water partition coefficient (Wildman–Crippen LogP) is 3.42. The van der Waals surface area contributed by atoms with Crippen LogP contribution in [-0.4, -0.2) is 10.2 Å². The third-order valence-electron chi connectivity index (χ3n) is 2.74. The Morgan fingerprint density at radius 2 is 1.71 bits per heavy atom. The van der Waals surface area contributed by atoms with Crippen molar-refractivity contribution >= 4 is 0 Å². The van der Waals surface area contributed by atoms with Crippen molar-refractivity contribution in [3.8, 4) is 11.5 Å². The van der Waals surface area contributed by atoms with Gasteiger partial charge in [-0.3, -0.25) is 0 Å². The Morgan fingerprint density at radius 3 is 2.29 bits per heavy atom. The number of benzene rings is 2. The number of rotatable bonds is 3. The summed E-state index contributed by atoms with van der Waals surface area (Å²) in [4.78, 5) is 0. The van der Waals surface area contributed by atoms with E-state index in [1.807, 2.05) is 30.3 Å². The highest BCUT2D eigenvalue weighted by Crippen LogP contribution is 2.33. The highest BCUT2D eigenvalue weighted by atomic mass is 16.3. The van der Waals surface area contributed by atoms with E-state index in [0.717, 1.165) is 11.1 Å². The molecule has 0 spiro atoms. The van der Waals surface area contributed by atoms with Gasteiger partial charge in [0, 0.05) is 17.5 Å². The Labute approximate surface area is 100 Å². The van der Waals surface area contributed by atoms with Crippen LogP contribution >= 0.6 is 0 Å². The number of phenols is 2. The number of aromatic hydroxyl groups is 2. The van der Waals surface area contributed by atoms with Gasteiger partial charge in [0.25, 0.3) is 0 Å². The predicted molar refractivity (Wildman–Crippen MR) is 68.3 cm³/mol. The van der Waals surface area contributed by atoms with Crippen LogP contribution < -0.4 is 0 Å². The molecule has 0 saturated heterocycles. The topological polar surface area (TPSA) is 40.5 Å². The molecule has 2 rings (SSSR count). The van der Waals surface area contributed by atoms with E-state index >= 15 is 0 Å². The molecule has 1 unspecified atom stereocenters. The molecule has 0 aliphatic carbocycles. The van der Waals surface area contributed by atoms with Crippen LogP contribution in [0.4, 0.5) is 0 Å². The summed E-state index contributed by atoms with van der Waals surface area (Å²) in [5, 5.41) is 19.1. The van der Waals surface area contributed by atoms with Crippen LogP contribution in [-0.2, 0) is 0 Å². The van der Waals surface area contributed by atoms with E-state index in [1.54, 1.807) is 18.2 Å². The second-order valence-corrected chi connectivity index (χ2v) is 3.87. The van der Waals surface area contributed by atoms with Gasteiger partial charge in [0.1, 0.15) is 11.5 Å². The molecule has 0 aliphatic rings. The minimum Gasteiger partial charge on any atom is -0.508 e. The van der Waals surface area contributed by atoms with Gasteiger partial charge in [-0.05, 0) is 11.6 Å². The largest absolute Gasteiger partial charge is 0.508 e. The standard InChI is InChI=1S/C15H14O2/c1-2-13(11-6-4-3-5-7-11)14-9-8-12(16)10-15(14)17/h2-10,13,16-17H,1H2. The molecule has 17 heavy (non-hydrogen) atoms. The molecule has 0 heterocycles. The lowest BCUT2D eigenvalue weighted by atomic mass is 9.91. The van der Waals surface area contributed by atoms with Crippen LogP contribution in [0.2, 0.25) is 0 Å². The molecule has 0 fully saturated rings. The summed E-state index contributed by atoms with van der Waals surface area (Å²) in [5.74, 6) is 0.0673. The Kier molecular flexibility index (Phi) is 3.15. The lowest BCUT2D eigenvalue weighted by Gasteiger charge is -2.15. The molecule has 2 heteroatoms. The van der Waals surface area contributed by atoms with Crippen LogP contribution in [0.5, 0.6) is 11.5 Å². The van der Waals surface area contributed by atoms with E-state index in [1.165, 1.54) is 6.07 Å². The highest BCUT2D eigenvalue weighted by molar-refractivity contribution is 5.47. The summed E-state index contributed by atoms with van der Waals surface area (Å²) in [6, 6.07) is 14.4. The molecule has 0 radical (unpaired) electrons.